The van der Waals surface area contributed by atoms with Crippen LogP contribution in [0.4, 0.5) is 11.4 Å². The number of aryl methyl sites for hydroxylation is 1. The number of ether oxygens (including phenoxy) is 1. The maximum atomic E-state index is 12.7. The quantitative estimate of drug-likeness (QED) is 0.862. The zero-order chi connectivity index (χ0) is 14.8. The number of benzene rings is 2. The van der Waals surface area contributed by atoms with E-state index < -0.39 is 0 Å². The van der Waals surface area contributed by atoms with E-state index in [1.807, 2.05) is 23.1 Å². The van der Waals surface area contributed by atoms with Crippen molar-refractivity contribution in [3.63, 3.8) is 0 Å². The summed E-state index contributed by atoms with van der Waals surface area (Å²) in [5, 5.41) is 0. The summed E-state index contributed by atoms with van der Waals surface area (Å²) in [6.07, 6.45) is 1.92. The first kappa shape index (κ1) is 13.5. The molecule has 2 N–H and O–H groups in total. The molecule has 0 aromatic heterocycles. The predicted molar refractivity (Wildman–Crippen MR) is 83.8 cm³/mol. The molecule has 0 radical (unpaired) electrons. The number of fused-ring (bicyclic) bond motifs is 1. The lowest BCUT2D eigenvalue weighted by atomic mass is 10.00. The van der Waals surface area contributed by atoms with Gasteiger partial charge >= 0.3 is 0 Å². The molecule has 0 spiro atoms. The highest BCUT2D eigenvalue weighted by Gasteiger charge is 2.23. The van der Waals surface area contributed by atoms with Crippen molar-refractivity contribution in [1.29, 1.82) is 0 Å². The lowest BCUT2D eigenvalue weighted by Gasteiger charge is -2.29. The lowest BCUT2D eigenvalue weighted by molar-refractivity contribution is 0.0985. The molecule has 2 aromatic carbocycles. The van der Waals surface area contributed by atoms with Crippen LogP contribution in [0.5, 0.6) is 5.75 Å². The molecule has 3 rings (SSSR count). The fourth-order valence-corrected chi connectivity index (χ4v) is 2.72. The van der Waals surface area contributed by atoms with Gasteiger partial charge in [0.05, 0.1) is 7.11 Å². The number of carbonyl (C=O) groups excluding carboxylic acids is 1. The zero-order valence-electron chi connectivity index (χ0n) is 12.0. The summed E-state index contributed by atoms with van der Waals surface area (Å²) >= 11 is 0. The molecule has 0 saturated carbocycles. The number of nitrogens with zero attached hydrogens (tertiary/aromatic N) is 1. The third-order valence-electron chi connectivity index (χ3n) is 3.80. The Kier molecular flexibility index (Phi) is 3.52. The Morgan fingerprint density at radius 3 is 2.67 bits per heavy atom. The number of hydrogen-bond acceptors (Lipinski definition) is 3. The molecule has 4 heteroatoms. The number of anilines is 2. The van der Waals surface area contributed by atoms with E-state index in [0.717, 1.165) is 42.1 Å². The van der Waals surface area contributed by atoms with Crippen molar-refractivity contribution < 1.29 is 9.53 Å². The van der Waals surface area contributed by atoms with Crippen LogP contribution in [0.25, 0.3) is 0 Å². The van der Waals surface area contributed by atoms with Crippen LogP contribution in [-0.4, -0.2) is 19.6 Å². The van der Waals surface area contributed by atoms with E-state index in [-0.39, 0.29) is 5.91 Å². The monoisotopic (exact) mass is 282 g/mol. The van der Waals surface area contributed by atoms with Gasteiger partial charge in [-0.3, -0.25) is 4.79 Å². The smallest absolute Gasteiger partial charge is 0.258 e. The Balaban J connectivity index is 1.92. The first-order valence-corrected chi connectivity index (χ1v) is 7.03. The summed E-state index contributed by atoms with van der Waals surface area (Å²) in [6.45, 7) is 0.738. The molecule has 0 unspecified atom stereocenters. The van der Waals surface area contributed by atoms with Crippen molar-refractivity contribution in [3.05, 3.63) is 53.6 Å². The van der Waals surface area contributed by atoms with Gasteiger partial charge in [0.1, 0.15) is 5.75 Å². The lowest BCUT2D eigenvalue weighted by Crippen LogP contribution is -2.35. The number of carbonyl (C=O) groups is 1. The molecule has 1 amide bonds. The topological polar surface area (TPSA) is 55.6 Å². The average molecular weight is 282 g/mol. The van der Waals surface area contributed by atoms with E-state index in [2.05, 4.69) is 0 Å². The largest absolute Gasteiger partial charge is 0.497 e. The zero-order valence-corrected chi connectivity index (χ0v) is 12.0. The maximum absolute atomic E-state index is 12.7. The van der Waals surface area contributed by atoms with Crippen LogP contribution in [0, 0.1) is 0 Å². The summed E-state index contributed by atoms with van der Waals surface area (Å²) in [4.78, 5) is 14.5. The van der Waals surface area contributed by atoms with Crippen LogP contribution in [0.2, 0.25) is 0 Å². The first-order valence-electron chi connectivity index (χ1n) is 7.03. The van der Waals surface area contributed by atoms with Crippen LogP contribution in [0.1, 0.15) is 22.3 Å². The molecule has 0 saturated heterocycles. The molecule has 2 aromatic rings. The van der Waals surface area contributed by atoms with Gasteiger partial charge in [0.25, 0.3) is 5.91 Å². The van der Waals surface area contributed by atoms with Gasteiger partial charge in [-0.25, -0.2) is 0 Å². The molecule has 0 bridgehead atoms. The van der Waals surface area contributed by atoms with Gasteiger partial charge in [-0.1, -0.05) is 0 Å². The summed E-state index contributed by atoms with van der Waals surface area (Å²) in [7, 11) is 1.61. The van der Waals surface area contributed by atoms with Crippen molar-refractivity contribution >= 4 is 17.3 Å². The molecule has 0 atom stereocenters. The standard InChI is InChI=1S/C17H18N2O2/c1-21-15-7-4-12(5-8-15)17(20)19-10-2-3-13-11-14(18)6-9-16(13)19/h4-9,11H,2-3,10,18H2,1H3. The van der Waals surface area contributed by atoms with E-state index in [1.165, 1.54) is 0 Å². The Hall–Kier alpha value is -2.49. The number of nitrogens with two attached hydrogens (primary N) is 1. The molecular weight excluding hydrogens is 264 g/mol. The van der Waals surface area contributed by atoms with Gasteiger partial charge in [-0.05, 0) is 60.9 Å². The molecule has 1 aliphatic rings. The third-order valence-corrected chi connectivity index (χ3v) is 3.80. The highest BCUT2D eigenvalue weighted by molar-refractivity contribution is 6.06. The average Bonchev–Trinajstić information content (AvgIpc) is 2.53. The van der Waals surface area contributed by atoms with E-state index in [4.69, 9.17) is 10.5 Å². The van der Waals surface area contributed by atoms with Gasteiger partial charge in [-0.2, -0.15) is 0 Å². The second-order valence-corrected chi connectivity index (χ2v) is 5.18. The second kappa shape index (κ2) is 5.48. The summed E-state index contributed by atoms with van der Waals surface area (Å²) in [5.74, 6) is 0.766. The fourth-order valence-electron chi connectivity index (χ4n) is 2.72. The highest BCUT2D eigenvalue weighted by atomic mass is 16.5. The predicted octanol–water partition coefficient (Wildman–Crippen LogP) is 2.87. The number of hydrogen-bond donors (Lipinski definition) is 1. The fraction of sp³-hybridized carbons (Fsp3) is 0.235. The van der Waals surface area contributed by atoms with Crippen molar-refractivity contribution in [3.8, 4) is 5.75 Å². The van der Waals surface area contributed by atoms with Crippen LogP contribution in [0.3, 0.4) is 0 Å². The minimum Gasteiger partial charge on any atom is -0.497 e. The summed E-state index contributed by atoms with van der Waals surface area (Å²) < 4.78 is 5.13. The minimum atomic E-state index is 0.0170. The molecule has 0 fully saturated rings. The Bertz CT molecular complexity index is 665. The second-order valence-electron chi connectivity index (χ2n) is 5.18. The minimum absolute atomic E-state index is 0.0170. The van der Waals surface area contributed by atoms with Gasteiger partial charge in [0.15, 0.2) is 0 Å². The van der Waals surface area contributed by atoms with Gasteiger partial charge in [-0.15, -0.1) is 0 Å². The Morgan fingerprint density at radius 2 is 1.95 bits per heavy atom. The van der Waals surface area contributed by atoms with E-state index >= 15 is 0 Å². The number of amides is 1. The van der Waals surface area contributed by atoms with Crippen molar-refractivity contribution in [2.75, 3.05) is 24.3 Å². The third kappa shape index (κ3) is 2.57. The van der Waals surface area contributed by atoms with Crippen molar-refractivity contribution in [1.82, 2.24) is 0 Å². The molecule has 21 heavy (non-hydrogen) atoms. The van der Waals surface area contributed by atoms with Crippen molar-refractivity contribution in [2.24, 2.45) is 0 Å². The first-order chi connectivity index (χ1) is 10.2. The van der Waals surface area contributed by atoms with Crippen LogP contribution in [0.15, 0.2) is 42.5 Å². The highest BCUT2D eigenvalue weighted by Crippen LogP contribution is 2.30. The van der Waals surface area contributed by atoms with Crippen LogP contribution in [-0.2, 0) is 6.42 Å². The van der Waals surface area contributed by atoms with E-state index in [0.29, 0.717) is 5.56 Å². The SMILES string of the molecule is COc1ccc(C(=O)N2CCCc3cc(N)ccc32)cc1. The number of methoxy groups -OCH3 is 1. The maximum Gasteiger partial charge on any atom is 0.258 e. The Labute approximate surface area is 124 Å². The molecule has 4 nitrogen and oxygen atoms in total. The van der Waals surface area contributed by atoms with Crippen molar-refractivity contribution in [2.45, 2.75) is 12.8 Å². The van der Waals surface area contributed by atoms with E-state index in [9.17, 15) is 4.79 Å². The normalized spacial score (nSPS) is 13.7. The Morgan fingerprint density at radius 1 is 1.19 bits per heavy atom. The summed E-state index contributed by atoms with van der Waals surface area (Å²) in [5.41, 5.74) is 9.35. The van der Waals surface area contributed by atoms with Gasteiger partial charge in [0, 0.05) is 23.5 Å². The summed E-state index contributed by atoms with van der Waals surface area (Å²) in [6, 6.07) is 13.0. The number of rotatable bonds is 2. The molecule has 0 aliphatic carbocycles. The van der Waals surface area contributed by atoms with Crippen LogP contribution >= 0.6 is 0 Å². The number of nitrogen functional groups attached to an aromatic ring is 1. The molecule has 108 valence electrons. The van der Waals surface area contributed by atoms with Crippen LogP contribution < -0.4 is 15.4 Å². The van der Waals surface area contributed by atoms with Gasteiger partial charge < -0.3 is 15.4 Å². The molecular formula is C17H18N2O2. The molecule has 1 heterocycles. The van der Waals surface area contributed by atoms with E-state index in [1.54, 1.807) is 31.4 Å². The molecule has 1 aliphatic heterocycles. The van der Waals surface area contributed by atoms with Gasteiger partial charge in [0.2, 0.25) is 0 Å².